The second-order valence-corrected chi connectivity index (χ2v) is 14.1. The van der Waals surface area contributed by atoms with Crippen LogP contribution in [-0.4, -0.2) is 88.0 Å². The van der Waals surface area contributed by atoms with Crippen LogP contribution in [0.2, 0.25) is 0 Å². The first-order valence-corrected chi connectivity index (χ1v) is 17.2. The van der Waals surface area contributed by atoms with Gasteiger partial charge in [-0.2, -0.15) is 5.10 Å². The number of carbonyl (C=O) groups is 3. The molecule has 1 spiro atoms. The Balaban J connectivity index is 0.834. The third kappa shape index (κ3) is 5.40. The lowest BCUT2D eigenvalue weighted by Crippen LogP contribution is -2.66. The van der Waals surface area contributed by atoms with Crippen molar-refractivity contribution in [2.75, 3.05) is 49.1 Å². The summed E-state index contributed by atoms with van der Waals surface area (Å²) >= 11 is 0. The zero-order valence-corrected chi connectivity index (χ0v) is 26.4. The molecule has 3 saturated heterocycles. The number of aromatic nitrogens is 4. The molecule has 1 unspecified atom stereocenters. The van der Waals surface area contributed by atoms with E-state index < -0.39 is 0 Å². The Hall–Kier alpha value is -4.06. The number of amides is 4. The number of hydrogen-bond donors (Lipinski definition) is 2. The van der Waals surface area contributed by atoms with Gasteiger partial charge in [-0.25, -0.2) is 4.79 Å². The SMILES string of the molecule is O=C1CCN(c2cccc3c2cnn3C2CCN(CC3CCC34CN(c3ccc(C(=O)NC5CCCCC5)nn3)C4)CC2)C(=O)N1. The molecule has 46 heavy (non-hydrogen) atoms. The maximum Gasteiger partial charge on any atom is 0.328 e. The van der Waals surface area contributed by atoms with Crippen LogP contribution in [0, 0.1) is 11.3 Å². The van der Waals surface area contributed by atoms with Gasteiger partial charge in [0.05, 0.1) is 23.4 Å². The van der Waals surface area contributed by atoms with Gasteiger partial charge in [0.25, 0.3) is 5.91 Å². The Morgan fingerprint density at radius 3 is 2.50 bits per heavy atom. The van der Waals surface area contributed by atoms with Crippen molar-refractivity contribution in [3.63, 3.8) is 0 Å². The van der Waals surface area contributed by atoms with Crippen molar-refractivity contribution in [1.29, 1.82) is 0 Å². The number of hydrogen-bond acceptors (Lipinski definition) is 8. The maximum atomic E-state index is 12.6. The van der Waals surface area contributed by atoms with Crippen molar-refractivity contribution in [2.24, 2.45) is 11.3 Å². The number of likely N-dealkylation sites (tertiary alicyclic amines) is 1. The average Bonchev–Trinajstić information content (AvgIpc) is 3.48. The van der Waals surface area contributed by atoms with Crippen LogP contribution in [0.1, 0.15) is 80.7 Å². The molecule has 5 fully saturated rings. The smallest absolute Gasteiger partial charge is 0.328 e. The van der Waals surface area contributed by atoms with Crippen LogP contribution in [0.3, 0.4) is 0 Å². The highest BCUT2D eigenvalue weighted by atomic mass is 16.2. The number of fused-ring (bicyclic) bond motifs is 1. The van der Waals surface area contributed by atoms with Gasteiger partial charge in [0, 0.05) is 62.5 Å². The van der Waals surface area contributed by atoms with Gasteiger partial charge in [-0.05, 0) is 68.7 Å². The van der Waals surface area contributed by atoms with Crippen LogP contribution in [0.5, 0.6) is 0 Å². The van der Waals surface area contributed by atoms with Crippen molar-refractivity contribution >= 4 is 40.3 Å². The van der Waals surface area contributed by atoms with E-state index in [2.05, 4.69) is 41.4 Å². The summed E-state index contributed by atoms with van der Waals surface area (Å²) in [6.45, 7) is 5.65. The second-order valence-electron chi connectivity index (χ2n) is 14.1. The van der Waals surface area contributed by atoms with Gasteiger partial charge >= 0.3 is 6.03 Å². The van der Waals surface area contributed by atoms with Crippen LogP contribution < -0.4 is 20.4 Å². The van der Waals surface area contributed by atoms with Crippen molar-refractivity contribution < 1.29 is 14.4 Å². The summed E-state index contributed by atoms with van der Waals surface area (Å²) in [4.78, 5) is 43.4. The lowest BCUT2D eigenvalue weighted by atomic mass is 9.55. The van der Waals surface area contributed by atoms with Crippen LogP contribution >= 0.6 is 0 Å². The molecule has 242 valence electrons. The minimum absolute atomic E-state index is 0.107. The number of carbonyl (C=O) groups excluding carboxylic acids is 3. The van der Waals surface area contributed by atoms with Crippen molar-refractivity contribution in [3.8, 4) is 0 Å². The number of piperidine rings is 1. The molecule has 5 heterocycles. The highest BCUT2D eigenvalue weighted by Crippen LogP contribution is 2.54. The van der Waals surface area contributed by atoms with Gasteiger partial charge in [0.2, 0.25) is 5.91 Å². The number of urea groups is 1. The maximum absolute atomic E-state index is 12.6. The molecule has 2 aliphatic carbocycles. The van der Waals surface area contributed by atoms with Gasteiger partial charge in [-0.15, -0.1) is 10.2 Å². The predicted molar refractivity (Wildman–Crippen MR) is 174 cm³/mol. The van der Waals surface area contributed by atoms with E-state index in [1.165, 1.54) is 32.1 Å². The monoisotopic (exact) mass is 625 g/mol. The van der Waals surface area contributed by atoms with E-state index >= 15 is 0 Å². The van der Waals surface area contributed by atoms with Gasteiger partial charge in [-0.1, -0.05) is 25.3 Å². The molecule has 1 atom stereocenters. The molecule has 2 N–H and O–H groups in total. The molecule has 12 heteroatoms. The van der Waals surface area contributed by atoms with Crippen LogP contribution in [0.25, 0.3) is 10.9 Å². The minimum Gasteiger partial charge on any atom is -0.354 e. The van der Waals surface area contributed by atoms with E-state index in [-0.39, 0.29) is 23.9 Å². The van der Waals surface area contributed by atoms with Crippen LogP contribution in [-0.2, 0) is 4.79 Å². The second kappa shape index (κ2) is 11.9. The molecule has 3 aliphatic heterocycles. The standard InChI is InChI=1S/C34H43N9O3/c44-31-14-18-42(33(46)37-31)28-7-4-8-29-26(28)19-35-43(29)25-12-16-40(17-13-25)20-23-11-15-34(23)21-41(22-34)30-10-9-27(38-39-30)32(45)36-24-5-2-1-3-6-24/h4,7-10,19,23-25H,1-3,5-6,11-18,20-22H2,(H,36,45)(H,37,44,46). The lowest BCUT2D eigenvalue weighted by Gasteiger charge is -2.62. The molecular weight excluding hydrogens is 582 g/mol. The summed E-state index contributed by atoms with van der Waals surface area (Å²) in [5, 5.41) is 20.0. The molecular formula is C34H43N9O3. The van der Waals surface area contributed by atoms with Crippen molar-refractivity contribution in [1.82, 2.24) is 35.5 Å². The molecule has 3 aromatic rings. The summed E-state index contributed by atoms with van der Waals surface area (Å²) in [5.74, 6) is 1.23. The Morgan fingerprint density at radius 2 is 1.78 bits per heavy atom. The summed E-state index contributed by atoms with van der Waals surface area (Å²) in [5.41, 5.74) is 2.62. The van der Waals surface area contributed by atoms with Gasteiger partial charge in [-0.3, -0.25) is 24.5 Å². The predicted octanol–water partition coefficient (Wildman–Crippen LogP) is 3.89. The molecule has 8 rings (SSSR count). The fourth-order valence-electron chi connectivity index (χ4n) is 8.49. The van der Waals surface area contributed by atoms with E-state index in [9.17, 15) is 14.4 Å². The fourth-order valence-corrected chi connectivity index (χ4v) is 8.49. The normalized spacial score (nSPS) is 24.1. The van der Waals surface area contributed by atoms with Crippen LogP contribution in [0.4, 0.5) is 16.3 Å². The molecule has 2 saturated carbocycles. The Bertz CT molecular complexity index is 1620. The average molecular weight is 626 g/mol. The Labute approximate surface area is 268 Å². The van der Waals surface area contributed by atoms with E-state index in [0.29, 0.717) is 36.0 Å². The molecule has 0 radical (unpaired) electrons. The van der Waals surface area contributed by atoms with Gasteiger partial charge < -0.3 is 15.1 Å². The number of nitrogens with zero attached hydrogens (tertiary/aromatic N) is 7. The summed E-state index contributed by atoms with van der Waals surface area (Å²) in [6, 6.07) is 9.99. The Morgan fingerprint density at radius 1 is 0.957 bits per heavy atom. The van der Waals surface area contributed by atoms with E-state index in [4.69, 9.17) is 5.10 Å². The molecule has 1 aromatic carbocycles. The molecule has 2 aromatic heterocycles. The summed E-state index contributed by atoms with van der Waals surface area (Å²) < 4.78 is 2.14. The number of rotatable bonds is 7. The first-order valence-electron chi connectivity index (χ1n) is 17.2. The zero-order chi connectivity index (χ0) is 31.3. The molecule has 0 bridgehead atoms. The number of anilines is 2. The third-order valence-electron chi connectivity index (χ3n) is 11.4. The quantitative estimate of drug-likeness (QED) is 0.405. The largest absolute Gasteiger partial charge is 0.354 e. The highest BCUT2D eigenvalue weighted by Gasteiger charge is 2.55. The van der Waals surface area contributed by atoms with Gasteiger partial charge in [0.1, 0.15) is 0 Å². The minimum atomic E-state index is -0.368. The topological polar surface area (TPSA) is 129 Å². The Kier molecular flexibility index (Phi) is 7.62. The summed E-state index contributed by atoms with van der Waals surface area (Å²) in [7, 11) is 0. The lowest BCUT2D eigenvalue weighted by molar-refractivity contribution is -0.120. The van der Waals surface area contributed by atoms with E-state index in [1.54, 1.807) is 4.90 Å². The molecule has 4 amide bonds. The van der Waals surface area contributed by atoms with E-state index in [0.717, 1.165) is 80.8 Å². The first-order chi connectivity index (χ1) is 22.5. The molecule has 12 nitrogen and oxygen atoms in total. The van der Waals surface area contributed by atoms with Crippen LogP contribution in [0.15, 0.2) is 36.5 Å². The third-order valence-corrected chi connectivity index (χ3v) is 11.4. The summed E-state index contributed by atoms with van der Waals surface area (Å²) in [6.07, 6.45) is 12.5. The van der Waals surface area contributed by atoms with Crippen molar-refractivity contribution in [3.05, 3.63) is 42.2 Å². The number of benzene rings is 1. The zero-order valence-electron chi connectivity index (χ0n) is 26.4. The number of imide groups is 1. The van der Waals surface area contributed by atoms with Crippen molar-refractivity contribution in [2.45, 2.75) is 76.3 Å². The van der Waals surface area contributed by atoms with Gasteiger partial charge in [0.15, 0.2) is 11.5 Å². The number of nitrogens with one attached hydrogen (secondary N) is 2. The highest BCUT2D eigenvalue weighted by molar-refractivity contribution is 6.09. The fraction of sp³-hybridized carbons (Fsp3) is 0.588. The van der Waals surface area contributed by atoms with E-state index in [1.807, 2.05) is 30.5 Å². The first kappa shape index (κ1) is 29.3. The molecule has 5 aliphatic rings.